The lowest BCUT2D eigenvalue weighted by Crippen LogP contribution is -2.29. The molecule has 1 heterocycles. The van der Waals surface area contributed by atoms with Crippen molar-refractivity contribution in [3.8, 4) is 0 Å². The minimum absolute atomic E-state index is 0.0312. The van der Waals surface area contributed by atoms with Gasteiger partial charge in [0.05, 0.1) is 23.1 Å². The largest absolute Gasteiger partial charge is 0.340 e. The van der Waals surface area contributed by atoms with E-state index >= 15 is 0 Å². The van der Waals surface area contributed by atoms with Gasteiger partial charge in [-0.05, 0) is 22.0 Å². The van der Waals surface area contributed by atoms with E-state index in [9.17, 15) is 4.39 Å². The third-order valence-electron chi connectivity index (χ3n) is 2.56. The molecule has 0 aliphatic heterocycles. The zero-order chi connectivity index (χ0) is 13.3. The molecule has 0 saturated carbocycles. The van der Waals surface area contributed by atoms with Crippen LogP contribution in [0.2, 0.25) is 5.02 Å². The van der Waals surface area contributed by atoms with E-state index < -0.39 is 11.9 Å². The maximum Gasteiger partial charge on any atom is 0.148 e. The molecule has 1 atom stereocenters. The third kappa shape index (κ3) is 2.42. The molecule has 96 valence electrons. The Kier molecular flexibility index (Phi) is 4.01. The van der Waals surface area contributed by atoms with E-state index in [4.69, 9.17) is 17.4 Å². The van der Waals surface area contributed by atoms with E-state index in [0.29, 0.717) is 15.7 Å². The Morgan fingerprint density at radius 2 is 2.28 bits per heavy atom. The summed E-state index contributed by atoms with van der Waals surface area (Å²) in [4.78, 5) is 4.16. The number of nitrogens with one attached hydrogen (secondary N) is 1. The highest BCUT2D eigenvalue weighted by Gasteiger charge is 2.21. The molecule has 0 aliphatic rings. The normalized spacial score (nSPS) is 12.7. The Balaban J connectivity index is 2.49. The lowest BCUT2D eigenvalue weighted by atomic mass is 10.0. The van der Waals surface area contributed by atoms with Crippen molar-refractivity contribution in [2.45, 2.75) is 6.04 Å². The summed E-state index contributed by atoms with van der Waals surface area (Å²) in [6.07, 6.45) is 3.39. The van der Waals surface area contributed by atoms with Gasteiger partial charge in [0.15, 0.2) is 0 Å². The Morgan fingerprint density at radius 3 is 2.83 bits per heavy atom. The summed E-state index contributed by atoms with van der Waals surface area (Å²) in [5, 5.41) is 0.0312. The Morgan fingerprint density at radius 1 is 1.56 bits per heavy atom. The molecule has 0 amide bonds. The fourth-order valence-corrected chi connectivity index (χ4v) is 2.16. The number of aryl methyl sites for hydroxylation is 1. The van der Waals surface area contributed by atoms with Crippen molar-refractivity contribution in [2.75, 3.05) is 0 Å². The molecule has 1 aromatic heterocycles. The first-order chi connectivity index (χ1) is 8.54. The summed E-state index contributed by atoms with van der Waals surface area (Å²) in [6, 6.07) is 2.75. The first-order valence-corrected chi connectivity index (χ1v) is 6.29. The topological polar surface area (TPSA) is 55.9 Å². The number of nitrogens with two attached hydrogens (primary N) is 1. The van der Waals surface area contributed by atoms with Crippen LogP contribution in [0.1, 0.15) is 17.3 Å². The standard InChI is InChI=1S/C11H11BrClFN4/c1-18-4-8(16-5-18)11(17-15)6-2-3-7(12)9(13)10(6)14/h2-5,11,17H,15H2,1H3. The highest BCUT2D eigenvalue weighted by atomic mass is 79.9. The van der Waals surface area contributed by atoms with Gasteiger partial charge in [0.25, 0.3) is 0 Å². The second-order valence-electron chi connectivity index (χ2n) is 3.83. The number of nitrogens with zero attached hydrogens (tertiary/aromatic N) is 2. The molecule has 4 nitrogen and oxygen atoms in total. The van der Waals surface area contributed by atoms with Crippen LogP contribution in [-0.4, -0.2) is 9.55 Å². The quantitative estimate of drug-likeness (QED) is 0.515. The summed E-state index contributed by atoms with van der Waals surface area (Å²) in [5.74, 6) is 4.97. The molecule has 3 N–H and O–H groups in total. The number of hydrazine groups is 1. The highest BCUT2D eigenvalue weighted by Crippen LogP contribution is 2.32. The van der Waals surface area contributed by atoms with Crippen molar-refractivity contribution in [1.82, 2.24) is 15.0 Å². The Hall–Kier alpha value is -0.950. The monoisotopic (exact) mass is 332 g/mol. The summed E-state index contributed by atoms with van der Waals surface area (Å²) >= 11 is 9.03. The maximum absolute atomic E-state index is 14.1. The fraction of sp³-hybridized carbons (Fsp3) is 0.182. The average Bonchev–Trinajstić information content (AvgIpc) is 2.77. The molecule has 1 unspecified atom stereocenters. The van der Waals surface area contributed by atoms with Gasteiger partial charge in [-0.3, -0.25) is 5.84 Å². The minimum Gasteiger partial charge on any atom is -0.340 e. The maximum atomic E-state index is 14.1. The zero-order valence-corrected chi connectivity index (χ0v) is 11.8. The molecule has 7 heteroatoms. The molecule has 0 radical (unpaired) electrons. The van der Waals surface area contributed by atoms with Gasteiger partial charge in [-0.25, -0.2) is 14.8 Å². The van der Waals surface area contributed by atoms with Crippen LogP contribution < -0.4 is 11.3 Å². The number of halogens is 3. The molecule has 1 aromatic carbocycles. The molecule has 2 aromatic rings. The predicted octanol–water partition coefficient (Wildman–Crippen LogP) is 2.53. The van der Waals surface area contributed by atoms with Gasteiger partial charge in [0.1, 0.15) is 5.82 Å². The first kappa shape index (κ1) is 13.5. The summed E-state index contributed by atoms with van der Waals surface area (Å²) in [5.41, 5.74) is 3.52. The van der Waals surface area contributed by atoms with Crippen molar-refractivity contribution in [3.63, 3.8) is 0 Å². The van der Waals surface area contributed by atoms with Crippen LogP contribution in [0.5, 0.6) is 0 Å². The number of benzene rings is 1. The van der Waals surface area contributed by atoms with Gasteiger partial charge < -0.3 is 4.57 Å². The van der Waals surface area contributed by atoms with E-state index in [0.717, 1.165) is 0 Å². The molecule has 0 aliphatic carbocycles. The molecule has 0 spiro atoms. The summed E-state index contributed by atoms with van der Waals surface area (Å²) in [7, 11) is 1.83. The molecule has 0 bridgehead atoms. The Bertz CT molecular complexity index is 572. The summed E-state index contributed by atoms with van der Waals surface area (Å²) in [6.45, 7) is 0. The predicted molar refractivity (Wildman–Crippen MR) is 71.5 cm³/mol. The average molecular weight is 334 g/mol. The van der Waals surface area contributed by atoms with Crippen molar-refractivity contribution in [3.05, 3.63) is 51.2 Å². The van der Waals surface area contributed by atoms with Crippen LogP contribution in [0.3, 0.4) is 0 Å². The SMILES string of the molecule is Cn1cnc(C(NN)c2ccc(Br)c(Cl)c2F)c1. The van der Waals surface area contributed by atoms with Crippen molar-refractivity contribution in [2.24, 2.45) is 12.9 Å². The molecule has 0 saturated heterocycles. The molecule has 0 fully saturated rings. The zero-order valence-electron chi connectivity index (χ0n) is 9.49. The fourth-order valence-electron chi connectivity index (χ4n) is 1.68. The highest BCUT2D eigenvalue weighted by molar-refractivity contribution is 9.10. The molecular formula is C11H11BrClFN4. The number of hydrogen-bond donors (Lipinski definition) is 2. The van der Waals surface area contributed by atoms with Crippen molar-refractivity contribution >= 4 is 27.5 Å². The van der Waals surface area contributed by atoms with E-state index in [-0.39, 0.29) is 5.02 Å². The van der Waals surface area contributed by atoms with E-state index in [1.807, 2.05) is 7.05 Å². The smallest absolute Gasteiger partial charge is 0.148 e. The number of imidazole rings is 1. The van der Waals surface area contributed by atoms with E-state index in [1.54, 1.807) is 29.2 Å². The van der Waals surface area contributed by atoms with Crippen LogP contribution in [0, 0.1) is 5.82 Å². The second kappa shape index (κ2) is 5.36. The van der Waals surface area contributed by atoms with Gasteiger partial charge in [-0.1, -0.05) is 17.7 Å². The van der Waals surface area contributed by atoms with Gasteiger partial charge in [0.2, 0.25) is 0 Å². The minimum atomic E-state index is -0.545. The number of rotatable bonds is 3. The van der Waals surface area contributed by atoms with E-state index in [2.05, 4.69) is 26.3 Å². The van der Waals surface area contributed by atoms with Gasteiger partial charge in [-0.2, -0.15) is 0 Å². The van der Waals surface area contributed by atoms with Crippen molar-refractivity contribution < 1.29 is 4.39 Å². The summed E-state index contributed by atoms with van der Waals surface area (Å²) < 4.78 is 16.4. The molecule has 2 rings (SSSR count). The van der Waals surface area contributed by atoms with Crippen LogP contribution >= 0.6 is 27.5 Å². The van der Waals surface area contributed by atoms with Gasteiger partial charge >= 0.3 is 0 Å². The lowest BCUT2D eigenvalue weighted by molar-refractivity contribution is 0.554. The van der Waals surface area contributed by atoms with E-state index in [1.165, 1.54) is 0 Å². The van der Waals surface area contributed by atoms with Gasteiger partial charge in [0, 0.05) is 23.3 Å². The first-order valence-electron chi connectivity index (χ1n) is 5.12. The van der Waals surface area contributed by atoms with Crippen LogP contribution in [-0.2, 0) is 7.05 Å². The van der Waals surface area contributed by atoms with Crippen molar-refractivity contribution in [1.29, 1.82) is 0 Å². The van der Waals surface area contributed by atoms with Crippen LogP contribution in [0.15, 0.2) is 29.1 Å². The Labute approximate surface area is 117 Å². The molecule has 18 heavy (non-hydrogen) atoms. The number of hydrogen-bond acceptors (Lipinski definition) is 3. The third-order valence-corrected chi connectivity index (χ3v) is 3.82. The van der Waals surface area contributed by atoms with Crippen LogP contribution in [0.4, 0.5) is 4.39 Å². The molecular weight excluding hydrogens is 323 g/mol. The number of aromatic nitrogens is 2. The van der Waals surface area contributed by atoms with Crippen LogP contribution in [0.25, 0.3) is 0 Å². The second-order valence-corrected chi connectivity index (χ2v) is 5.06. The lowest BCUT2D eigenvalue weighted by Gasteiger charge is -2.16. The van der Waals surface area contributed by atoms with Gasteiger partial charge in [-0.15, -0.1) is 0 Å².